The van der Waals surface area contributed by atoms with E-state index in [1.807, 2.05) is 30.3 Å². The monoisotopic (exact) mass is 246 g/mol. The van der Waals surface area contributed by atoms with Gasteiger partial charge in [-0.25, -0.2) is 4.79 Å². The van der Waals surface area contributed by atoms with Crippen LogP contribution in [0.25, 0.3) is 0 Å². The summed E-state index contributed by atoms with van der Waals surface area (Å²) in [5.41, 5.74) is 1.28. The maximum Gasteiger partial charge on any atom is 0.335 e. The Labute approximate surface area is 107 Å². The summed E-state index contributed by atoms with van der Waals surface area (Å²) < 4.78 is 11.4. The molecule has 1 fully saturated rings. The molecular weight excluding hydrogens is 228 g/mol. The highest BCUT2D eigenvalue weighted by Crippen LogP contribution is 2.36. The molecule has 1 unspecified atom stereocenters. The number of benzene rings is 1. The molecule has 1 atom stereocenters. The third kappa shape index (κ3) is 2.62. The van der Waals surface area contributed by atoms with Gasteiger partial charge in [0.25, 0.3) is 0 Å². The zero-order valence-corrected chi connectivity index (χ0v) is 10.6. The van der Waals surface area contributed by atoms with E-state index in [9.17, 15) is 4.79 Å². The molecule has 1 aliphatic rings. The lowest BCUT2D eigenvalue weighted by molar-refractivity contribution is -0.252. The molecule has 0 N–H and O–H groups in total. The fourth-order valence-corrected chi connectivity index (χ4v) is 2.07. The number of ether oxygens (including phenoxy) is 2. The van der Waals surface area contributed by atoms with Gasteiger partial charge in [0.1, 0.15) is 0 Å². The van der Waals surface area contributed by atoms with Gasteiger partial charge in [-0.15, -0.1) is 0 Å². The van der Waals surface area contributed by atoms with Gasteiger partial charge >= 0.3 is 5.97 Å². The minimum atomic E-state index is -0.935. The number of hydrogen-bond acceptors (Lipinski definition) is 3. The maximum absolute atomic E-state index is 11.8. The van der Waals surface area contributed by atoms with Crippen LogP contribution in [0.1, 0.15) is 31.7 Å². The fourth-order valence-electron chi connectivity index (χ4n) is 2.07. The van der Waals surface area contributed by atoms with Crippen LogP contribution >= 0.6 is 0 Å². The molecule has 0 aromatic heterocycles. The summed E-state index contributed by atoms with van der Waals surface area (Å²) in [5, 5.41) is 0. The van der Waals surface area contributed by atoms with Gasteiger partial charge in [0, 0.05) is 17.6 Å². The molecule has 96 valence electrons. The summed E-state index contributed by atoms with van der Waals surface area (Å²) in [7, 11) is 0. The van der Waals surface area contributed by atoms with Gasteiger partial charge < -0.3 is 9.47 Å². The highest BCUT2D eigenvalue weighted by molar-refractivity contribution is 5.87. The largest absolute Gasteiger partial charge is 0.425 e. The number of rotatable bonds is 3. The highest BCUT2D eigenvalue weighted by atomic mass is 16.7. The molecule has 1 saturated heterocycles. The molecule has 3 nitrogen and oxygen atoms in total. The predicted molar refractivity (Wildman–Crippen MR) is 68.8 cm³/mol. The first-order valence-corrected chi connectivity index (χ1v) is 6.22. The van der Waals surface area contributed by atoms with E-state index in [2.05, 4.69) is 6.58 Å². The Kier molecular flexibility index (Phi) is 3.82. The first-order chi connectivity index (χ1) is 8.64. The molecule has 1 heterocycles. The maximum atomic E-state index is 11.8. The summed E-state index contributed by atoms with van der Waals surface area (Å²) in [5.74, 6) is -1.34. The minimum absolute atomic E-state index is 0.388. The molecule has 0 bridgehead atoms. The van der Waals surface area contributed by atoms with Gasteiger partial charge in [-0.1, -0.05) is 36.9 Å². The third-order valence-electron chi connectivity index (χ3n) is 3.06. The van der Waals surface area contributed by atoms with Crippen molar-refractivity contribution in [2.45, 2.75) is 32.0 Å². The van der Waals surface area contributed by atoms with Crippen LogP contribution in [-0.4, -0.2) is 12.6 Å². The lowest BCUT2D eigenvalue weighted by atomic mass is 9.97. The molecule has 0 aliphatic carbocycles. The molecule has 2 rings (SSSR count). The lowest BCUT2D eigenvalue weighted by Crippen LogP contribution is -2.38. The second-order valence-electron chi connectivity index (χ2n) is 4.59. The van der Waals surface area contributed by atoms with Crippen molar-refractivity contribution in [3.05, 3.63) is 48.0 Å². The first kappa shape index (κ1) is 12.8. The first-order valence-electron chi connectivity index (χ1n) is 6.22. The SMILES string of the molecule is C=C(C)C(=O)OC1(c2ccccc2)CCCCO1. The Morgan fingerprint density at radius 3 is 2.61 bits per heavy atom. The van der Waals surface area contributed by atoms with Crippen molar-refractivity contribution in [1.29, 1.82) is 0 Å². The minimum Gasteiger partial charge on any atom is -0.425 e. The van der Waals surface area contributed by atoms with Crippen LogP contribution in [0.15, 0.2) is 42.5 Å². The Balaban J connectivity index is 2.29. The molecule has 18 heavy (non-hydrogen) atoms. The van der Waals surface area contributed by atoms with Crippen molar-refractivity contribution < 1.29 is 14.3 Å². The van der Waals surface area contributed by atoms with Gasteiger partial charge in [-0.3, -0.25) is 0 Å². The van der Waals surface area contributed by atoms with Crippen LogP contribution in [0.3, 0.4) is 0 Å². The predicted octanol–water partition coefficient (Wildman–Crippen LogP) is 3.16. The number of esters is 1. The molecule has 1 aromatic carbocycles. The summed E-state index contributed by atoms with van der Waals surface area (Å²) in [6, 6.07) is 9.63. The van der Waals surface area contributed by atoms with E-state index in [-0.39, 0.29) is 0 Å². The number of hydrogen-bond donors (Lipinski definition) is 0. The smallest absolute Gasteiger partial charge is 0.335 e. The van der Waals surface area contributed by atoms with Gasteiger partial charge in [0.2, 0.25) is 5.79 Å². The van der Waals surface area contributed by atoms with Gasteiger partial charge in [-0.05, 0) is 19.8 Å². The molecule has 1 aliphatic heterocycles. The topological polar surface area (TPSA) is 35.5 Å². The lowest BCUT2D eigenvalue weighted by Gasteiger charge is -2.36. The second-order valence-corrected chi connectivity index (χ2v) is 4.59. The van der Waals surface area contributed by atoms with E-state index in [4.69, 9.17) is 9.47 Å². The quantitative estimate of drug-likeness (QED) is 0.607. The molecular formula is C15H18O3. The van der Waals surface area contributed by atoms with Crippen LogP contribution in [0.5, 0.6) is 0 Å². The van der Waals surface area contributed by atoms with E-state index in [1.54, 1.807) is 6.92 Å². The fraction of sp³-hybridized carbons (Fsp3) is 0.400. The van der Waals surface area contributed by atoms with Gasteiger partial charge in [0.05, 0.1) is 6.61 Å². The van der Waals surface area contributed by atoms with E-state index in [1.165, 1.54) is 0 Å². The molecule has 0 spiro atoms. The molecule has 3 heteroatoms. The third-order valence-corrected chi connectivity index (χ3v) is 3.06. The second kappa shape index (κ2) is 5.36. The molecule has 1 aromatic rings. The van der Waals surface area contributed by atoms with Crippen LogP contribution in [-0.2, 0) is 20.1 Å². The van der Waals surface area contributed by atoms with Crippen LogP contribution in [0, 0.1) is 0 Å². The molecule has 0 amide bonds. The average molecular weight is 246 g/mol. The summed E-state index contributed by atoms with van der Waals surface area (Å²) in [6.45, 7) is 5.87. The normalized spacial score (nSPS) is 23.4. The van der Waals surface area contributed by atoms with Gasteiger partial charge in [-0.2, -0.15) is 0 Å². The Morgan fingerprint density at radius 2 is 2.06 bits per heavy atom. The summed E-state index contributed by atoms with van der Waals surface area (Å²) in [4.78, 5) is 11.8. The van der Waals surface area contributed by atoms with Crippen LogP contribution in [0.2, 0.25) is 0 Å². The number of carbonyl (C=O) groups is 1. The van der Waals surface area contributed by atoms with Crippen molar-refractivity contribution in [2.24, 2.45) is 0 Å². The average Bonchev–Trinajstić information content (AvgIpc) is 2.40. The van der Waals surface area contributed by atoms with Crippen molar-refractivity contribution in [3.63, 3.8) is 0 Å². The summed E-state index contributed by atoms with van der Waals surface area (Å²) in [6.07, 6.45) is 2.67. The highest BCUT2D eigenvalue weighted by Gasteiger charge is 2.39. The standard InChI is InChI=1S/C15H18O3/c1-12(2)14(16)18-15(10-6-7-11-17-15)13-8-4-3-5-9-13/h3-5,8-9H,1,6-7,10-11H2,2H3. The Bertz CT molecular complexity index is 430. The molecule has 0 saturated carbocycles. The van der Waals surface area contributed by atoms with Crippen LogP contribution < -0.4 is 0 Å². The van der Waals surface area contributed by atoms with E-state index in [0.29, 0.717) is 18.6 Å². The van der Waals surface area contributed by atoms with Crippen molar-refractivity contribution in [3.8, 4) is 0 Å². The zero-order chi connectivity index (χ0) is 13.0. The van der Waals surface area contributed by atoms with Crippen LogP contribution in [0.4, 0.5) is 0 Å². The Hall–Kier alpha value is -1.61. The van der Waals surface area contributed by atoms with Gasteiger partial charge in [0.15, 0.2) is 0 Å². The van der Waals surface area contributed by atoms with Crippen molar-refractivity contribution >= 4 is 5.97 Å². The summed E-state index contributed by atoms with van der Waals surface area (Å²) >= 11 is 0. The van der Waals surface area contributed by atoms with E-state index >= 15 is 0 Å². The van der Waals surface area contributed by atoms with Crippen molar-refractivity contribution in [1.82, 2.24) is 0 Å². The van der Waals surface area contributed by atoms with E-state index < -0.39 is 11.8 Å². The molecule has 0 radical (unpaired) electrons. The van der Waals surface area contributed by atoms with E-state index in [0.717, 1.165) is 18.4 Å². The van der Waals surface area contributed by atoms with Crippen molar-refractivity contribution in [2.75, 3.05) is 6.61 Å². The number of carbonyl (C=O) groups excluding carboxylic acids is 1. The Morgan fingerprint density at radius 1 is 1.33 bits per heavy atom. The zero-order valence-electron chi connectivity index (χ0n) is 10.6.